The van der Waals surface area contributed by atoms with Gasteiger partial charge >= 0.3 is 0 Å². The molecule has 1 aliphatic carbocycles. The Kier molecular flexibility index (Phi) is 2.98. The van der Waals surface area contributed by atoms with Gasteiger partial charge in [0, 0.05) is 12.6 Å². The van der Waals surface area contributed by atoms with Crippen LogP contribution in [0.1, 0.15) is 39.5 Å². The van der Waals surface area contributed by atoms with E-state index < -0.39 is 0 Å². The highest BCUT2D eigenvalue weighted by Gasteiger charge is 2.43. The summed E-state index contributed by atoms with van der Waals surface area (Å²) in [6, 6.07) is 3.08. The molecule has 1 aliphatic heterocycles. The van der Waals surface area contributed by atoms with Gasteiger partial charge in [-0.25, -0.2) is 0 Å². The molecule has 0 spiro atoms. The fourth-order valence-electron chi connectivity index (χ4n) is 3.18. The van der Waals surface area contributed by atoms with E-state index in [0.29, 0.717) is 11.5 Å². The number of likely N-dealkylation sites (tertiary alicyclic amines) is 1. The van der Waals surface area contributed by atoms with Gasteiger partial charge < -0.3 is 5.32 Å². The van der Waals surface area contributed by atoms with Gasteiger partial charge in [-0.05, 0) is 44.7 Å². The second-order valence-electron chi connectivity index (χ2n) is 6.23. The first-order chi connectivity index (χ1) is 7.50. The minimum atomic E-state index is -0.253. The standard InChI is InChI=1S/C13H23N3/c1-12(2)6-7-16(10-12)11-4-5-13(8-11,9-14)15-3/h11,15H,4-8,10H2,1-3H3. The van der Waals surface area contributed by atoms with Gasteiger partial charge in [0.25, 0.3) is 0 Å². The third kappa shape index (κ3) is 2.09. The van der Waals surface area contributed by atoms with Gasteiger partial charge in [0.2, 0.25) is 0 Å². The summed E-state index contributed by atoms with van der Waals surface area (Å²) in [7, 11) is 1.92. The van der Waals surface area contributed by atoms with Gasteiger partial charge in [-0.2, -0.15) is 5.26 Å². The lowest BCUT2D eigenvalue weighted by Gasteiger charge is -2.27. The lowest BCUT2D eigenvalue weighted by Crippen LogP contribution is -2.41. The molecule has 3 nitrogen and oxygen atoms in total. The van der Waals surface area contributed by atoms with Crippen molar-refractivity contribution < 1.29 is 0 Å². The van der Waals surface area contributed by atoms with Crippen molar-refractivity contribution in [2.45, 2.75) is 51.1 Å². The van der Waals surface area contributed by atoms with Crippen LogP contribution in [0.15, 0.2) is 0 Å². The minimum Gasteiger partial charge on any atom is -0.302 e. The molecule has 0 aromatic rings. The van der Waals surface area contributed by atoms with Crippen LogP contribution in [0.2, 0.25) is 0 Å². The molecule has 2 aliphatic rings. The summed E-state index contributed by atoms with van der Waals surface area (Å²) in [5.41, 5.74) is 0.217. The predicted molar refractivity (Wildman–Crippen MR) is 65.0 cm³/mol. The lowest BCUT2D eigenvalue weighted by molar-refractivity contribution is 0.213. The molecule has 2 fully saturated rings. The quantitative estimate of drug-likeness (QED) is 0.772. The van der Waals surface area contributed by atoms with Gasteiger partial charge in [-0.1, -0.05) is 13.8 Å². The van der Waals surface area contributed by atoms with Crippen LogP contribution >= 0.6 is 0 Å². The maximum absolute atomic E-state index is 9.25. The van der Waals surface area contributed by atoms with E-state index in [2.05, 4.69) is 30.1 Å². The van der Waals surface area contributed by atoms with Crippen LogP contribution < -0.4 is 5.32 Å². The number of nitrogens with one attached hydrogen (secondary N) is 1. The van der Waals surface area contributed by atoms with Crippen molar-refractivity contribution in [1.29, 1.82) is 5.26 Å². The third-order valence-corrected chi connectivity index (χ3v) is 4.40. The first-order valence-electron chi connectivity index (χ1n) is 6.34. The SMILES string of the molecule is CNC1(C#N)CCC(N2CCC(C)(C)C2)C1. The smallest absolute Gasteiger partial charge is 0.108 e. The molecule has 1 N–H and O–H groups in total. The summed E-state index contributed by atoms with van der Waals surface area (Å²) in [6.45, 7) is 7.10. The number of nitrogens with zero attached hydrogens (tertiary/aromatic N) is 2. The Morgan fingerprint density at radius 3 is 2.56 bits per heavy atom. The molecule has 90 valence electrons. The molecule has 1 saturated heterocycles. The zero-order valence-electron chi connectivity index (χ0n) is 10.7. The Hall–Kier alpha value is -0.590. The predicted octanol–water partition coefficient (Wildman–Crippen LogP) is 1.75. The topological polar surface area (TPSA) is 39.1 Å². The highest BCUT2D eigenvalue weighted by Crippen LogP contribution is 2.38. The molecule has 16 heavy (non-hydrogen) atoms. The Balaban J connectivity index is 1.98. The summed E-state index contributed by atoms with van der Waals surface area (Å²) in [5, 5.41) is 12.5. The summed E-state index contributed by atoms with van der Waals surface area (Å²) < 4.78 is 0. The van der Waals surface area contributed by atoms with Crippen molar-refractivity contribution in [3.63, 3.8) is 0 Å². The van der Waals surface area contributed by atoms with E-state index in [9.17, 15) is 5.26 Å². The molecule has 2 atom stereocenters. The third-order valence-electron chi connectivity index (χ3n) is 4.40. The molecule has 1 heterocycles. The fourth-order valence-corrected chi connectivity index (χ4v) is 3.18. The Morgan fingerprint density at radius 1 is 1.38 bits per heavy atom. The number of nitriles is 1. The van der Waals surface area contributed by atoms with E-state index in [-0.39, 0.29) is 5.54 Å². The van der Waals surface area contributed by atoms with Gasteiger partial charge in [-0.15, -0.1) is 0 Å². The van der Waals surface area contributed by atoms with Gasteiger partial charge in [-0.3, -0.25) is 4.90 Å². The maximum atomic E-state index is 9.25. The highest BCUT2D eigenvalue weighted by molar-refractivity contribution is 5.13. The zero-order chi connectivity index (χ0) is 11.8. The van der Waals surface area contributed by atoms with Crippen LogP contribution in [0.4, 0.5) is 0 Å². The first kappa shape index (κ1) is 11.9. The van der Waals surface area contributed by atoms with Crippen LogP contribution in [0.5, 0.6) is 0 Å². The van der Waals surface area contributed by atoms with E-state index in [0.717, 1.165) is 12.8 Å². The van der Waals surface area contributed by atoms with Crippen LogP contribution in [-0.4, -0.2) is 36.6 Å². The largest absolute Gasteiger partial charge is 0.302 e. The van der Waals surface area contributed by atoms with E-state index in [4.69, 9.17) is 0 Å². The average Bonchev–Trinajstić information content (AvgIpc) is 2.82. The van der Waals surface area contributed by atoms with Crippen LogP contribution in [0.25, 0.3) is 0 Å². The molecule has 0 bridgehead atoms. The second kappa shape index (κ2) is 4.01. The fraction of sp³-hybridized carbons (Fsp3) is 0.923. The maximum Gasteiger partial charge on any atom is 0.108 e. The van der Waals surface area contributed by atoms with E-state index >= 15 is 0 Å². The van der Waals surface area contributed by atoms with Crippen molar-refractivity contribution in [2.75, 3.05) is 20.1 Å². The van der Waals surface area contributed by atoms with E-state index in [1.54, 1.807) is 0 Å². The molecule has 0 amide bonds. The molecule has 3 heteroatoms. The average molecular weight is 221 g/mol. The summed E-state index contributed by atoms with van der Waals surface area (Å²) in [5.74, 6) is 0. The molecule has 0 radical (unpaired) electrons. The van der Waals surface area contributed by atoms with Crippen molar-refractivity contribution in [3.8, 4) is 6.07 Å². The summed E-state index contributed by atoms with van der Waals surface area (Å²) >= 11 is 0. The molecular weight excluding hydrogens is 198 g/mol. The lowest BCUT2D eigenvalue weighted by atomic mass is 9.93. The van der Waals surface area contributed by atoms with Crippen LogP contribution in [-0.2, 0) is 0 Å². The number of hydrogen-bond donors (Lipinski definition) is 1. The van der Waals surface area contributed by atoms with Gasteiger partial charge in [0.05, 0.1) is 6.07 Å². The number of hydrogen-bond acceptors (Lipinski definition) is 3. The normalized spacial score (nSPS) is 38.8. The van der Waals surface area contributed by atoms with Crippen molar-refractivity contribution in [3.05, 3.63) is 0 Å². The molecule has 2 rings (SSSR count). The van der Waals surface area contributed by atoms with Crippen molar-refractivity contribution in [1.82, 2.24) is 10.2 Å². The van der Waals surface area contributed by atoms with Gasteiger partial charge in [0.15, 0.2) is 0 Å². The van der Waals surface area contributed by atoms with Crippen LogP contribution in [0, 0.1) is 16.7 Å². The number of rotatable bonds is 2. The Labute approximate surface area is 98.8 Å². The zero-order valence-corrected chi connectivity index (χ0v) is 10.7. The highest BCUT2D eigenvalue weighted by atomic mass is 15.2. The van der Waals surface area contributed by atoms with E-state index in [1.807, 2.05) is 7.05 Å². The van der Waals surface area contributed by atoms with Crippen LogP contribution in [0.3, 0.4) is 0 Å². The summed E-state index contributed by atoms with van der Waals surface area (Å²) in [4.78, 5) is 2.59. The van der Waals surface area contributed by atoms with Gasteiger partial charge in [0.1, 0.15) is 5.54 Å². The molecule has 2 unspecified atom stereocenters. The summed E-state index contributed by atoms with van der Waals surface area (Å²) in [6.07, 6.45) is 4.46. The minimum absolute atomic E-state index is 0.253. The van der Waals surface area contributed by atoms with E-state index in [1.165, 1.54) is 25.9 Å². The van der Waals surface area contributed by atoms with Crippen molar-refractivity contribution in [2.24, 2.45) is 5.41 Å². The molecular formula is C13H23N3. The molecule has 1 saturated carbocycles. The Bertz CT molecular complexity index is 305. The van der Waals surface area contributed by atoms with Crippen molar-refractivity contribution >= 4 is 0 Å². The Morgan fingerprint density at radius 2 is 2.12 bits per heavy atom. The molecule has 0 aromatic heterocycles. The monoisotopic (exact) mass is 221 g/mol. The molecule has 0 aromatic carbocycles. The first-order valence-corrected chi connectivity index (χ1v) is 6.34. The second-order valence-corrected chi connectivity index (χ2v) is 6.23.